The molecular weight excluding hydrogens is 188 g/mol. The van der Waals surface area contributed by atoms with Crippen LogP contribution < -0.4 is 10.6 Å². The number of ether oxygens (including phenoxy) is 1. The normalized spacial score (nSPS) is 20.8. The highest BCUT2D eigenvalue weighted by Gasteiger charge is 2.20. The first-order valence-electron chi connectivity index (χ1n) is 6.47. The molecule has 0 aromatic heterocycles. The first-order valence-corrected chi connectivity index (χ1v) is 6.47. The van der Waals surface area contributed by atoms with Crippen molar-refractivity contribution in [1.29, 1.82) is 0 Å². The molecule has 2 N–H and O–H groups in total. The van der Waals surface area contributed by atoms with E-state index in [4.69, 9.17) is 4.74 Å². The van der Waals surface area contributed by atoms with Crippen LogP contribution in [0.25, 0.3) is 0 Å². The van der Waals surface area contributed by atoms with E-state index in [1.165, 1.54) is 25.7 Å². The minimum Gasteiger partial charge on any atom is -0.381 e. The number of hydrogen-bond donors (Lipinski definition) is 2. The predicted octanol–water partition coefficient (Wildman–Crippen LogP) is 1.14. The summed E-state index contributed by atoms with van der Waals surface area (Å²) in [7, 11) is 0. The van der Waals surface area contributed by atoms with E-state index in [1.54, 1.807) is 0 Å². The molecule has 3 heteroatoms. The Hall–Kier alpha value is -0.120. The van der Waals surface area contributed by atoms with Crippen molar-refractivity contribution in [2.75, 3.05) is 32.8 Å². The predicted molar refractivity (Wildman–Crippen MR) is 62.1 cm³/mol. The van der Waals surface area contributed by atoms with Crippen LogP contribution in [-0.2, 0) is 4.74 Å². The summed E-state index contributed by atoms with van der Waals surface area (Å²) in [4.78, 5) is 0. The standard InChI is InChI=1S/C12H24N2O/c1(9-15-10-11-2-3-11)6-13-7-8-14-12-4-5-12/h11-14H,1-10H2. The van der Waals surface area contributed by atoms with Crippen molar-refractivity contribution >= 4 is 0 Å². The molecule has 0 bridgehead atoms. The lowest BCUT2D eigenvalue weighted by atomic mass is 10.4. The van der Waals surface area contributed by atoms with Crippen LogP contribution in [0.4, 0.5) is 0 Å². The van der Waals surface area contributed by atoms with Crippen LogP contribution in [0.5, 0.6) is 0 Å². The van der Waals surface area contributed by atoms with Crippen LogP contribution in [0.1, 0.15) is 32.1 Å². The second kappa shape index (κ2) is 6.46. The summed E-state index contributed by atoms with van der Waals surface area (Å²) >= 11 is 0. The first kappa shape index (κ1) is 11.4. The highest BCUT2D eigenvalue weighted by molar-refractivity contribution is 4.80. The van der Waals surface area contributed by atoms with Crippen molar-refractivity contribution in [3.8, 4) is 0 Å². The van der Waals surface area contributed by atoms with E-state index in [0.29, 0.717) is 0 Å². The summed E-state index contributed by atoms with van der Waals surface area (Å²) in [6.07, 6.45) is 6.70. The fraction of sp³-hybridized carbons (Fsp3) is 1.00. The molecule has 0 aliphatic heterocycles. The van der Waals surface area contributed by atoms with Gasteiger partial charge in [-0.1, -0.05) is 0 Å². The van der Waals surface area contributed by atoms with Crippen LogP contribution in [-0.4, -0.2) is 38.9 Å². The molecule has 2 rings (SSSR count). The molecule has 0 unspecified atom stereocenters. The molecule has 2 saturated carbocycles. The van der Waals surface area contributed by atoms with Gasteiger partial charge in [0.15, 0.2) is 0 Å². The molecule has 0 atom stereocenters. The van der Waals surface area contributed by atoms with E-state index in [2.05, 4.69) is 10.6 Å². The average molecular weight is 212 g/mol. The smallest absolute Gasteiger partial charge is 0.0494 e. The average Bonchev–Trinajstić information content (AvgIpc) is 3.10. The molecule has 0 aromatic rings. The van der Waals surface area contributed by atoms with Crippen molar-refractivity contribution in [3.05, 3.63) is 0 Å². The largest absolute Gasteiger partial charge is 0.381 e. The summed E-state index contributed by atoms with van der Waals surface area (Å²) in [5.41, 5.74) is 0. The van der Waals surface area contributed by atoms with Gasteiger partial charge >= 0.3 is 0 Å². The lowest BCUT2D eigenvalue weighted by Crippen LogP contribution is -2.29. The van der Waals surface area contributed by atoms with Crippen LogP contribution in [0.2, 0.25) is 0 Å². The quantitative estimate of drug-likeness (QED) is 0.533. The fourth-order valence-electron chi connectivity index (χ4n) is 1.61. The maximum atomic E-state index is 5.56. The van der Waals surface area contributed by atoms with Crippen LogP contribution in [0.3, 0.4) is 0 Å². The highest BCUT2D eigenvalue weighted by atomic mass is 16.5. The minimum atomic E-state index is 0.841. The second-order valence-electron chi connectivity index (χ2n) is 4.85. The Labute approximate surface area is 93.0 Å². The Morgan fingerprint density at radius 3 is 2.60 bits per heavy atom. The van der Waals surface area contributed by atoms with E-state index >= 15 is 0 Å². The second-order valence-corrected chi connectivity index (χ2v) is 4.85. The molecule has 88 valence electrons. The van der Waals surface area contributed by atoms with Gasteiger partial charge in [-0.25, -0.2) is 0 Å². The van der Waals surface area contributed by atoms with Crippen LogP contribution >= 0.6 is 0 Å². The van der Waals surface area contributed by atoms with Gasteiger partial charge in [0.25, 0.3) is 0 Å². The van der Waals surface area contributed by atoms with Crippen molar-refractivity contribution in [2.45, 2.75) is 38.1 Å². The molecule has 2 aliphatic rings. The molecule has 0 spiro atoms. The summed E-state index contributed by atoms with van der Waals surface area (Å²) in [5.74, 6) is 0.903. The molecule has 0 saturated heterocycles. The van der Waals surface area contributed by atoms with Gasteiger partial charge < -0.3 is 15.4 Å². The molecule has 3 nitrogen and oxygen atoms in total. The van der Waals surface area contributed by atoms with E-state index in [1.807, 2.05) is 0 Å². The van der Waals surface area contributed by atoms with Crippen LogP contribution in [0, 0.1) is 5.92 Å². The Bertz CT molecular complexity index is 149. The molecule has 0 heterocycles. The van der Waals surface area contributed by atoms with Gasteiger partial charge in [-0.3, -0.25) is 0 Å². The minimum absolute atomic E-state index is 0.841. The maximum Gasteiger partial charge on any atom is 0.0494 e. The zero-order valence-electron chi connectivity index (χ0n) is 9.63. The number of hydrogen-bond acceptors (Lipinski definition) is 3. The molecule has 2 fully saturated rings. The third-order valence-electron chi connectivity index (χ3n) is 3.00. The summed E-state index contributed by atoms with van der Waals surface area (Å²) in [5, 5.41) is 6.92. The molecular formula is C12H24N2O. The maximum absolute atomic E-state index is 5.56. The van der Waals surface area contributed by atoms with Gasteiger partial charge in [0.05, 0.1) is 0 Å². The lowest BCUT2D eigenvalue weighted by molar-refractivity contribution is 0.122. The molecule has 0 aromatic carbocycles. The third kappa shape index (κ3) is 6.13. The highest BCUT2D eigenvalue weighted by Crippen LogP contribution is 2.28. The Morgan fingerprint density at radius 1 is 1.00 bits per heavy atom. The van der Waals surface area contributed by atoms with Gasteiger partial charge in [0.1, 0.15) is 0 Å². The fourth-order valence-corrected chi connectivity index (χ4v) is 1.61. The zero-order chi connectivity index (χ0) is 10.3. The van der Waals surface area contributed by atoms with Crippen molar-refractivity contribution in [3.63, 3.8) is 0 Å². The van der Waals surface area contributed by atoms with E-state index in [-0.39, 0.29) is 0 Å². The Kier molecular flexibility index (Phi) is 4.90. The Morgan fingerprint density at radius 2 is 1.87 bits per heavy atom. The summed E-state index contributed by atoms with van der Waals surface area (Å²) in [6, 6.07) is 0.841. The number of rotatable bonds is 10. The Balaban J connectivity index is 1.23. The topological polar surface area (TPSA) is 33.3 Å². The zero-order valence-corrected chi connectivity index (χ0v) is 9.63. The van der Waals surface area contributed by atoms with Crippen molar-refractivity contribution in [1.82, 2.24) is 10.6 Å². The van der Waals surface area contributed by atoms with E-state index in [9.17, 15) is 0 Å². The first-order chi connectivity index (χ1) is 7.45. The van der Waals surface area contributed by atoms with Crippen molar-refractivity contribution < 1.29 is 4.74 Å². The SMILES string of the molecule is C(CNCCNC1CC1)COCC1CC1. The van der Waals surface area contributed by atoms with Crippen LogP contribution in [0.15, 0.2) is 0 Å². The monoisotopic (exact) mass is 212 g/mol. The van der Waals surface area contributed by atoms with E-state index < -0.39 is 0 Å². The summed E-state index contributed by atoms with van der Waals surface area (Å²) in [6.45, 7) is 5.24. The molecule has 0 radical (unpaired) electrons. The van der Waals surface area contributed by atoms with Gasteiger partial charge in [-0.15, -0.1) is 0 Å². The molecule has 0 amide bonds. The van der Waals surface area contributed by atoms with Gasteiger partial charge in [-0.2, -0.15) is 0 Å². The van der Waals surface area contributed by atoms with E-state index in [0.717, 1.165) is 51.2 Å². The summed E-state index contributed by atoms with van der Waals surface area (Å²) < 4.78 is 5.56. The van der Waals surface area contributed by atoms with Gasteiger partial charge in [0, 0.05) is 32.3 Å². The van der Waals surface area contributed by atoms with Crippen molar-refractivity contribution in [2.24, 2.45) is 5.92 Å². The number of nitrogens with one attached hydrogen (secondary N) is 2. The molecule has 15 heavy (non-hydrogen) atoms. The molecule has 2 aliphatic carbocycles. The third-order valence-corrected chi connectivity index (χ3v) is 3.00. The van der Waals surface area contributed by atoms with Gasteiger partial charge in [0.2, 0.25) is 0 Å². The van der Waals surface area contributed by atoms with Gasteiger partial charge in [-0.05, 0) is 44.6 Å². The lowest BCUT2D eigenvalue weighted by Gasteiger charge is -2.06.